The number of rotatable bonds is 5. The van der Waals surface area contributed by atoms with Gasteiger partial charge in [0.25, 0.3) is 5.91 Å². The standard InChI is InChI=1S/C24H29N3O2/c28-23(26-16-18-7-2-1-3-8-18)22-12-6-14-27(22)24(29)20-10-4-9-19(15-20)21-11-5-13-25-17-21/h4-5,9-11,13,15,17-18,22H,1-3,6-8,12,14,16H2,(H,26,28). The fraction of sp³-hybridized carbons (Fsp3) is 0.458. The van der Waals surface area contributed by atoms with Crippen LogP contribution in [0, 0.1) is 5.92 Å². The summed E-state index contributed by atoms with van der Waals surface area (Å²) in [5, 5.41) is 3.13. The van der Waals surface area contributed by atoms with Gasteiger partial charge in [0.15, 0.2) is 0 Å². The van der Waals surface area contributed by atoms with Crippen LogP contribution in [0.1, 0.15) is 55.3 Å². The highest BCUT2D eigenvalue weighted by Crippen LogP contribution is 2.25. The molecule has 2 amide bonds. The van der Waals surface area contributed by atoms with Crippen LogP contribution in [-0.2, 0) is 4.79 Å². The van der Waals surface area contributed by atoms with Crippen molar-refractivity contribution in [2.75, 3.05) is 13.1 Å². The molecule has 2 heterocycles. The lowest BCUT2D eigenvalue weighted by Gasteiger charge is -2.26. The highest BCUT2D eigenvalue weighted by Gasteiger charge is 2.34. The zero-order valence-corrected chi connectivity index (χ0v) is 16.8. The third-order valence-corrected chi connectivity index (χ3v) is 6.21. The molecule has 1 aromatic heterocycles. The molecule has 1 atom stereocenters. The van der Waals surface area contributed by atoms with Gasteiger partial charge in [-0.05, 0) is 55.4 Å². The number of aromatic nitrogens is 1. The number of benzene rings is 1. The van der Waals surface area contributed by atoms with E-state index in [9.17, 15) is 9.59 Å². The molecule has 0 radical (unpaired) electrons. The number of nitrogens with zero attached hydrogens (tertiary/aromatic N) is 2. The van der Waals surface area contributed by atoms with Crippen molar-refractivity contribution in [2.24, 2.45) is 5.92 Å². The van der Waals surface area contributed by atoms with Crippen LogP contribution >= 0.6 is 0 Å². The predicted molar refractivity (Wildman–Crippen MR) is 113 cm³/mol. The highest BCUT2D eigenvalue weighted by atomic mass is 16.2. The Kier molecular flexibility index (Phi) is 6.23. The largest absolute Gasteiger partial charge is 0.354 e. The first-order chi connectivity index (χ1) is 14.2. The predicted octanol–water partition coefficient (Wildman–Crippen LogP) is 4.05. The minimum Gasteiger partial charge on any atom is -0.354 e. The van der Waals surface area contributed by atoms with E-state index in [-0.39, 0.29) is 17.9 Å². The Bertz CT molecular complexity index is 846. The van der Waals surface area contributed by atoms with Crippen LogP contribution in [0.5, 0.6) is 0 Å². The van der Waals surface area contributed by atoms with Crippen LogP contribution in [-0.4, -0.2) is 40.8 Å². The molecule has 2 aromatic rings. The summed E-state index contributed by atoms with van der Waals surface area (Å²) in [6.45, 7) is 1.38. The van der Waals surface area contributed by atoms with Crippen molar-refractivity contribution in [1.29, 1.82) is 0 Å². The Hall–Kier alpha value is -2.69. The maximum absolute atomic E-state index is 13.2. The molecule has 1 aliphatic heterocycles. The molecule has 0 spiro atoms. The van der Waals surface area contributed by atoms with Crippen molar-refractivity contribution < 1.29 is 9.59 Å². The first-order valence-corrected chi connectivity index (χ1v) is 10.8. The van der Waals surface area contributed by atoms with Crippen molar-refractivity contribution in [1.82, 2.24) is 15.2 Å². The van der Waals surface area contributed by atoms with E-state index >= 15 is 0 Å². The molecule has 2 aliphatic rings. The van der Waals surface area contributed by atoms with E-state index in [0.29, 0.717) is 18.0 Å². The Morgan fingerprint density at radius 1 is 1.00 bits per heavy atom. The van der Waals surface area contributed by atoms with Crippen molar-refractivity contribution in [2.45, 2.75) is 51.0 Å². The second kappa shape index (κ2) is 9.21. The number of hydrogen-bond acceptors (Lipinski definition) is 3. The number of carbonyl (C=O) groups is 2. The summed E-state index contributed by atoms with van der Waals surface area (Å²) in [7, 11) is 0. The van der Waals surface area contributed by atoms with Crippen LogP contribution in [0.3, 0.4) is 0 Å². The average molecular weight is 392 g/mol. The summed E-state index contributed by atoms with van der Waals surface area (Å²) < 4.78 is 0. The molecule has 5 nitrogen and oxygen atoms in total. The van der Waals surface area contributed by atoms with Crippen molar-refractivity contribution in [3.63, 3.8) is 0 Å². The number of carbonyl (C=O) groups excluding carboxylic acids is 2. The van der Waals surface area contributed by atoms with E-state index in [1.165, 1.54) is 32.1 Å². The summed E-state index contributed by atoms with van der Waals surface area (Å²) in [6, 6.07) is 11.1. The van der Waals surface area contributed by atoms with Gasteiger partial charge in [-0.1, -0.05) is 37.5 Å². The maximum Gasteiger partial charge on any atom is 0.254 e. The van der Waals surface area contributed by atoms with Crippen LogP contribution in [0.4, 0.5) is 0 Å². The van der Waals surface area contributed by atoms with Crippen LogP contribution < -0.4 is 5.32 Å². The number of hydrogen-bond donors (Lipinski definition) is 1. The first kappa shape index (κ1) is 19.6. The Balaban J connectivity index is 1.43. The molecule has 1 aliphatic carbocycles. The number of likely N-dealkylation sites (tertiary alicyclic amines) is 1. The van der Waals surface area contributed by atoms with Crippen LogP contribution in [0.2, 0.25) is 0 Å². The van der Waals surface area contributed by atoms with E-state index in [2.05, 4.69) is 10.3 Å². The summed E-state index contributed by atoms with van der Waals surface area (Å²) in [6.07, 6.45) is 11.4. The number of nitrogens with one attached hydrogen (secondary N) is 1. The SMILES string of the molecule is O=C(NCC1CCCCC1)C1CCCN1C(=O)c1cccc(-c2cccnc2)c1. The van der Waals surface area contributed by atoms with Gasteiger partial charge in [-0.2, -0.15) is 0 Å². The summed E-state index contributed by atoms with van der Waals surface area (Å²) in [5.41, 5.74) is 2.56. The van der Waals surface area contributed by atoms with Gasteiger partial charge in [-0.25, -0.2) is 0 Å². The molecule has 1 saturated carbocycles. The molecule has 29 heavy (non-hydrogen) atoms. The minimum atomic E-state index is -0.354. The third-order valence-electron chi connectivity index (χ3n) is 6.21. The van der Waals surface area contributed by atoms with Gasteiger partial charge in [-0.3, -0.25) is 14.6 Å². The number of amides is 2. The molecule has 152 valence electrons. The van der Waals surface area contributed by atoms with Gasteiger partial charge >= 0.3 is 0 Å². The normalized spacial score (nSPS) is 19.9. The van der Waals surface area contributed by atoms with Crippen LogP contribution in [0.15, 0.2) is 48.8 Å². The number of pyridine rings is 1. The van der Waals surface area contributed by atoms with Crippen molar-refractivity contribution in [3.05, 3.63) is 54.4 Å². The second-order valence-corrected chi connectivity index (χ2v) is 8.23. The van der Waals surface area contributed by atoms with Gasteiger partial charge in [-0.15, -0.1) is 0 Å². The fourth-order valence-corrected chi connectivity index (χ4v) is 4.57. The molecule has 0 bridgehead atoms. The molecule has 5 heteroatoms. The zero-order valence-electron chi connectivity index (χ0n) is 16.8. The van der Waals surface area contributed by atoms with E-state index in [4.69, 9.17) is 0 Å². The average Bonchev–Trinajstić information content (AvgIpc) is 3.28. The molecule has 1 aromatic carbocycles. The Labute approximate surface area is 172 Å². The molecule has 1 N–H and O–H groups in total. The molecule has 1 unspecified atom stereocenters. The molecule has 4 rings (SSSR count). The Morgan fingerprint density at radius 3 is 2.62 bits per heavy atom. The van der Waals surface area contributed by atoms with E-state index in [1.807, 2.05) is 36.4 Å². The molecule has 2 fully saturated rings. The lowest BCUT2D eigenvalue weighted by Crippen LogP contribution is -2.47. The van der Waals surface area contributed by atoms with E-state index in [0.717, 1.165) is 30.5 Å². The second-order valence-electron chi connectivity index (χ2n) is 8.23. The van der Waals surface area contributed by atoms with E-state index < -0.39 is 0 Å². The van der Waals surface area contributed by atoms with Gasteiger partial charge in [0.05, 0.1) is 0 Å². The third kappa shape index (κ3) is 4.66. The lowest BCUT2D eigenvalue weighted by atomic mass is 9.89. The Morgan fingerprint density at radius 2 is 1.83 bits per heavy atom. The van der Waals surface area contributed by atoms with E-state index in [1.54, 1.807) is 17.3 Å². The smallest absolute Gasteiger partial charge is 0.254 e. The molecular formula is C24H29N3O2. The lowest BCUT2D eigenvalue weighted by molar-refractivity contribution is -0.125. The van der Waals surface area contributed by atoms with Gasteiger partial charge in [0.2, 0.25) is 5.91 Å². The quantitative estimate of drug-likeness (QED) is 0.836. The van der Waals surface area contributed by atoms with Gasteiger partial charge < -0.3 is 10.2 Å². The van der Waals surface area contributed by atoms with Gasteiger partial charge in [0, 0.05) is 36.6 Å². The molecule has 1 saturated heterocycles. The summed E-state index contributed by atoms with van der Waals surface area (Å²) >= 11 is 0. The molecular weight excluding hydrogens is 362 g/mol. The summed E-state index contributed by atoms with van der Waals surface area (Å²) in [4.78, 5) is 31.9. The van der Waals surface area contributed by atoms with Gasteiger partial charge in [0.1, 0.15) is 6.04 Å². The zero-order chi connectivity index (χ0) is 20.1. The van der Waals surface area contributed by atoms with Crippen molar-refractivity contribution >= 4 is 11.8 Å². The summed E-state index contributed by atoms with van der Waals surface area (Å²) in [5.74, 6) is 0.533. The highest BCUT2D eigenvalue weighted by molar-refractivity contribution is 5.98. The van der Waals surface area contributed by atoms with Crippen LogP contribution in [0.25, 0.3) is 11.1 Å². The minimum absolute atomic E-state index is 0.00448. The topological polar surface area (TPSA) is 62.3 Å². The maximum atomic E-state index is 13.2. The first-order valence-electron chi connectivity index (χ1n) is 10.8. The monoisotopic (exact) mass is 391 g/mol. The fourth-order valence-electron chi connectivity index (χ4n) is 4.57. The van der Waals surface area contributed by atoms with Crippen molar-refractivity contribution in [3.8, 4) is 11.1 Å².